The summed E-state index contributed by atoms with van der Waals surface area (Å²) in [5.41, 5.74) is 1.79. The van der Waals surface area contributed by atoms with Gasteiger partial charge in [0.15, 0.2) is 0 Å². The van der Waals surface area contributed by atoms with E-state index in [0.29, 0.717) is 0 Å². The van der Waals surface area contributed by atoms with Crippen LogP contribution >= 0.6 is 0 Å². The number of nitrogen functional groups attached to an aromatic ring is 1. The number of hydrogen-bond acceptors (Lipinski definition) is 7. The Hall–Kier alpha value is -2.66. The van der Waals surface area contributed by atoms with E-state index >= 15 is 0 Å². The molecule has 21 heavy (non-hydrogen) atoms. The van der Waals surface area contributed by atoms with Crippen molar-refractivity contribution in [2.75, 3.05) is 10.1 Å². The molecule has 112 valence electrons. The summed E-state index contributed by atoms with van der Waals surface area (Å²) in [6.45, 7) is 0. The van der Waals surface area contributed by atoms with Crippen molar-refractivity contribution in [2.24, 2.45) is 12.9 Å². The summed E-state index contributed by atoms with van der Waals surface area (Å²) in [5, 5.41) is 14.5. The van der Waals surface area contributed by atoms with Gasteiger partial charge in [-0.05, 0) is 6.07 Å². The minimum atomic E-state index is -3.97. The second-order valence-corrected chi connectivity index (χ2v) is 5.68. The van der Waals surface area contributed by atoms with Crippen LogP contribution < -0.4 is 16.0 Å². The molecule has 2 rings (SSSR count). The molecule has 10 nitrogen and oxygen atoms in total. The van der Waals surface area contributed by atoms with Gasteiger partial charge in [-0.2, -0.15) is 5.10 Å². The topological polar surface area (TPSA) is 145 Å². The van der Waals surface area contributed by atoms with E-state index in [1.54, 1.807) is 7.05 Å². The molecule has 0 saturated heterocycles. The van der Waals surface area contributed by atoms with Crippen LogP contribution in [-0.4, -0.2) is 23.1 Å². The fourth-order valence-electron chi connectivity index (χ4n) is 1.65. The van der Waals surface area contributed by atoms with Gasteiger partial charge in [-0.3, -0.25) is 25.4 Å². The monoisotopic (exact) mass is 312 g/mol. The van der Waals surface area contributed by atoms with Crippen molar-refractivity contribution in [3.05, 3.63) is 40.6 Å². The van der Waals surface area contributed by atoms with Gasteiger partial charge >= 0.3 is 0 Å². The first kappa shape index (κ1) is 14.7. The zero-order valence-corrected chi connectivity index (χ0v) is 11.7. The molecule has 1 aromatic carbocycles. The minimum Gasteiger partial charge on any atom is -0.323 e. The number of nitrogens with two attached hydrogens (primary N) is 1. The average molecular weight is 312 g/mol. The van der Waals surface area contributed by atoms with Gasteiger partial charge in [0, 0.05) is 25.2 Å². The molecule has 0 radical (unpaired) electrons. The number of benzene rings is 1. The molecule has 0 aliphatic carbocycles. The Morgan fingerprint density at radius 3 is 2.62 bits per heavy atom. The van der Waals surface area contributed by atoms with Crippen LogP contribution in [0, 0.1) is 10.1 Å². The molecule has 0 unspecified atom stereocenters. The fourth-order valence-corrected chi connectivity index (χ4v) is 2.89. The highest BCUT2D eigenvalue weighted by Gasteiger charge is 2.22. The number of nitro benzene ring substituents is 1. The summed E-state index contributed by atoms with van der Waals surface area (Å²) < 4.78 is 28.2. The highest BCUT2D eigenvalue weighted by atomic mass is 32.2. The quantitative estimate of drug-likeness (QED) is 0.412. The number of aromatic nitrogens is 2. The smallest absolute Gasteiger partial charge is 0.271 e. The molecule has 0 saturated carbocycles. The van der Waals surface area contributed by atoms with E-state index in [2.05, 4.69) is 15.2 Å². The zero-order valence-electron chi connectivity index (χ0n) is 10.8. The van der Waals surface area contributed by atoms with Crippen LogP contribution in [0.25, 0.3) is 0 Å². The molecule has 0 aliphatic heterocycles. The molecular formula is C10H12N6O4S. The van der Waals surface area contributed by atoms with E-state index in [0.717, 1.165) is 18.2 Å². The summed E-state index contributed by atoms with van der Waals surface area (Å²) in [6, 6.07) is 4.70. The Labute approximate surface area is 119 Å². The predicted molar refractivity (Wildman–Crippen MR) is 74.9 cm³/mol. The van der Waals surface area contributed by atoms with Gasteiger partial charge in [-0.25, -0.2) is 8.42 Å². The van der Waals surface area contributed by atoms with E-state index in [9.17, 15) is 18.5 Å². The first-order valence-electron chi connectivity index (χ1n) is 5.61. The van der Waals surface area contributed by atoms with E-state index in [-0.39, 0.29) is 22.1 Å². The lowest BCUT2D eigenvalue weighted by Gasteiger charge is -2.11. The van der Waals surface area contributed by atoms with Gasteiger partial charge in [-0.15, -0.1) is 0 Å². The number of non-ortho nitro benzene ring substituents is 1. The number of nitrogens with zero attached hydrogens (tertiary/aromatic N) is 3. The van der Waals surface area contributed by atoms with Gasteiger partial charge in [0.05, 0.1) is 16.8 Å². The lowest BCUT2D eigenvalue weighted by atomic mass is 10.3. The normalized spacial score (nSPS) is 11.1. The highest BCUT2D eigenvalue weighted by Crippen LogP contribution is 2.27. The number of rotatable bonds is 5. The molecule has 0 amide bonds. The Bertz CT molecular complexity index is 785. The zero-order chi connectivity index (χ0) is 15.6. The molecular weight excluding hydrogens is 300 g/mol. The fraction of sp³-hybridized carbons (Fsp3) is 0.100. The first-order chi connectivity index (χ1) is 9.85. The number of nitrogens with one attached hydrogen (secondary N) is 2. The Kier molecular flexibility index (Phi) is 3.78. The molecule has 1 aromatic heterocycles. The number of nitro groups is 1. The van der Waals surface area contributed by atoms with Crippen molar-refractivity contribution in [3.8, 4) is 0 Å². The lowest BCUT2D eigenvalue weighted by Crippen LogP contribution is -2.19. The van der Waals surface area contributed by atoms with Crippen LogP contribution in [-0.2, 0) is 17.1 Å². The van der Waals surface area contributed by atoms with Crippen LogP contribution in [0.4, 0.5) is 17.2 Å². The number of anilines is 2. The highest BCUT2D eigenvalue weighted by molar-refractivity contribution is 7.92. The standard InChI is InChI=1S/C10H12N6O4S/c1-15-10(4-5-12-15)14-21(19,20)9-3-2-7(16(17)18)6-8(9)13-11/h2-6,13-14H,11H2,1H3. The third-order valence-corrected chi connectivity index (χ3v) is 4.09. The third-order valence-electron chi connectivity index (χ3n) is 2.68. The SMILES string of the molecule is Cn1nccc1NS(=O)(=O)c1ccc([N+](=O)[O-])cc1NN. The maximum Gasteiger partial charge on any atom is 0.271 e. The number of hydrazine groups is 1. The van der Waals surface area contributed by atoms with Crippen molar-refractivity contribution in [2.45, 2.75) is 4.90 Å². The molecule has 0 fully saturated rings. The number of aryl methyl sites for hydroxylation is 1. The van der Waals surface area contributed by atoms with Gasteiger partial charge in [0.25, 0.3) is 15.7 Å². The van der Waals surface area contributed by atoms with E-state index in [1.807, 2.05) is 0 Å². The van der Waals surface area contributed by atoms with Gasteiger partial charge in [-0.1, -0.05) is 0 Å². The average Bonchev–Trinajstić information content (AvgIpc) is 2.82. The van der Waals surface area contributed by atoms with Gasteiger partial charge in [0.2, 0.25) is 0 Å². The molecule has 4 N–H and O–H groups in total. The molecule has 0 bridgehead atoms. The molecule has 1 heterocycles. The molecule has 11 heteroatoms. The second kappa shape index (κ2) is 5.38. The van der Waals surface area contributed by atoms with Crippen molar-refractivity contribution in [1.82, 2.24) is 9.78 Å². The summed E-state index contributed by atoms with van der Waals surface area (Å²) in [7, 11) is -2.40. The summed E-state index contributed by atoms with van der Waals surface area (Å²) in [5.74, 6) is 5.48. The van der Waals surface area contributed by atoms with Crippen LogP contribution in [0.1, 0.15) is 0 Å². The van der Waals surface area contributed by atoms with Crippen molar-refractivity contribution < 1.29 is 13.3 Å². The lowest BCUT2D eigenvalue weighted by molar-refractivity contribution is -0.384. The van der Waals surface area contributed by atoms with Crippen molar-refractivity contribution >= 4 is 27.2 Å². The Balaban J connectivity index is 2.45. The number of hydrogen-bond donors (Lipinski definition) is 3. The van der Waals surface area contributed by atoms with Crippen LogP contribution in [0.5, 0.6) is 0 Å². The predicted octanol–water partition coefficient (Wildman–Crippen LogP) is 0.415. The number of sulfonamides is 1. The molecule has 2 aromatic rings. The van der Waals surface area contributed by atoms with Crippen LogP contribution in [0.2, 0.25) is 0 Å². The second-order valence-electron chi connectivity index (χ2n) is 4.03. The van der Waals surface area contributed by atoms with E-state index in [4.69, 9.17) is 5.84 Å². The molecule has 0 aliphatic rings. The third kappa shape index (κ3) is 2.93. The molecule has 0 atom stereocenters. The van der Waals surface area contributed by atoms with Crippen molar-refractivity contribution in [3.63, 3.8) is 0 Å². The van der Waals surface area contributed by atoms with Gasteiger partial charge < -0.3 is 5.43 Å². The molecule has 0 spiro atoms. The Morgan fingerprint density at radius 1 is 1.38 bits per heavy atom. The minimum absolute atomic E-state index is 0.0844. The van der Waals surface area contributed by atoms with Crippen molar-refractivity contribution in [1.29, 1.82) is 0 Å². The summed E-state index contributed by atoms with van der Waals surface area (Å²) in [6.07, 6.45) is 1.43. The maximum absolute atomic E-state index is 12.3. The summed E-state index contributed by atoms with van der Waals surface area (Å²) in [4.78, 5) is 9.83. The van der Waals surface area contributed by atoms with Gasteiger partial charge in [0.1, 0.15) is 10.7 Å². The summed E-state index contributed by atoms with van der Waals surface area (Å²) >= 11 is 0. The van der Waals surface area contributed by atoms with E-state index < -0.39 is 14.9 Å². The first-order valence-corrected chi connectivity index (χ1v) is 7.09. The van der Waals surface area contributed by atoms with Crippen LogP contribution in [0.3, 0.4) is 0 Å². The largest absolute Gasteiger partial charge is 0.323 e. The van der Waals surface area contributed by atoms with E-state index in [1.165, 1.54) is 16.9 Å². The Morgan fingerprint density at radius 2 is 2.10 bits per heavy atom. The maximum atomic E-state index is 12.3. The van der Waals surface area contributed by atoms with Crippen LogP contribution in [0.15, 0.2) is 35.4 Å².